The van der Waals surface area contributed by atoms with Gasteiger partial charge in [0.25, 0.3) is 0 Å². The van der Waals surface area contributed by atoms with Gasteiger partial charge in [0.1, 0.15) is 0 Å². The maximum absolute atomic E-state index is 2.73. The molecule has 4 aliphatic carbocycles. The van der Waals surface area contributed by atoms with Gasteiger partial charge >= 0.3 is 263 Å². The van der Waals surface area contributed by atoms with Crippen LogP contribution in [0.15, 0.2) is 85.0 Å². The second kappa shape index (κ2) is 11.3. The van der Waals surface area contributed by atoms with Crippen molar-refractivity contribution in [2.45, 2.75) is 86.0 Å². The van der Waals surface area contributed by atoms with Crippen molar-refractivity contribution in [2.75, 3.05) is 0 Å². The van der Waals surface area contributed by atoms with E-state index in [9.17, 15) is 0 Å². The van der Waals surface area contributed by atoms with Gasteiger partial charge in [0, 0.05) is 0 Å². The number of hydrogen-bond donors (Lipinski definition) is 0. The molecule has 0 heterocycles. The number of rotatable bonds is 3. The van der Waals surface area contributed by atoms with Crippen LogP contribution in [0.5, 0.6) is 0 Å². The molecule has 0 aliphatic heterocycles. The fraction of sp³-hybridized carbons (Fsp3) is 0.341. The van der Waals surface area contributed by atoms with Crippen LogP contribution in [0.1, 0.15) is 108 Å². The van der Waals surface area contributed by atoms with Crippen molar-refractivity contribution in [2.24, 2.45) is 5.41 Å². The fourth-order valence-corrected chi connectivity index (χ4v) is 16.0. The monoisotopic (exact) mass is 696 g/mol. The molecule has 7 rings (SSSR count). The Bertz CT molecular complexity index is 1850. The quantitative estimate of drug-likeness (QED) is 0.291. The van der Waals surface area contributed by atoms with E-state index in [0.29, 0.717) is 0 Å². The minimum atomic E-state index is -2.40. The second-order valence-electron chi connectivity index (χ2n) is 15.2. The second-order valence-corrected chi connectivity index (χ2v) is 20.8. The van der Waals surface area contributed by atoms with Crippen LogP contribution in [0.4, 0.5) is 0 Å². The summed E-state index contributed by atoms with van der Waals surface area (Å²) in [6.45, 7) is 21.5. The molecule has 0 nitrogen and oxygen atoms in total. The van der Waals surface area contributed by atoms with Gasteiger partial charge in [-0.05, 0) is 0 Å². The summed E-state index contributed by atoms with van der Waals surface area (Å²) in [5, 5.41) is 0. The van der Waals surface area contributed by atoms with E-state index in [4.69, 9.17) is 0 Å². The molecule has 0 atom stereocenters. The fourth-order valence-electron chi connectivity index (χ4n) is 8.23. The average Bonchev–Trinajstić information content (AvgIpc) is 3.64. The Morgan fingerprint density at radius 3 is 2.00 bits per heavy atom. The Balaban J connectivity index is 0.00000192. The van der Waals surface area contributed by atoms with Gasteiger partial charge in [-0.1, -0.05) is 0 Å². The van der Waals surface area contributed by atoms with Crippen molar-refractivity contribution >= 4 is 14.9 Å². The molecule has 0 amide bonds. The van der Waals surface area contributed by atoms with Gasteiger partial charge in [-0.3, -0.25) is 0 Å². The molecule has 3 aromatic carbocycles. The first-order valence-electron chi connectivity index (χ1n) is 15.7. The van der Waals surface area contributed by atoms with Gasteiger partial charge in [-0.25, -0.2) is 0 Å². The van der Waals surface area contributed by atoms with Crippen molar-refractivity contribution in [3.05, 3.63) is 124 Å². The molecule has 0 N–H and O–H groups in total. The Hall–Kier alpha value is -2.05. The zero-order valence-electron chi connectivity index (χ0n) is 27.7. The summed E-state index contributed by atoms with van der Waals surface area (Å²) in [7, 11) is 0. The van der Waals surface area contributed by atoms with Gasteiger partial charge in [0.2, 0.25) is 0 Å². The van der Waals surface area contributed by atoms with E-state index < -0.39 is 21.3 Å². The third-order valence-electron chi connectivity index (χ3n) is 10.4. The smallest absolute Gasteiger partial charge is 1.00 e. The van der Waals surface area contributed by atoms with E-state index in [1.54, 1.807) is 17.7 Å². The van der Waals surface area contributed by atoms with Crippen molar-refractivity contribution in [1.29, 1.82) is 0 Å². The molecule has 0 bridgehead atoms. The van der Waals surface area contributed by atoms with Crippen molar-refractivity contribution < 1.29 is 46.1 Å². The molecule has 0 saturated heterocycles. The van der Waals surface area contributed by atoms with Gasteiger partial charge in [0.15, 0.2) is 0 Å². The number of allylic oxidation sites excluding steroid dienone is 8. The maximum Gasteiger partial charge on any atom is -1.00 e. The molecule has 0 radical (unpaired) electrons. The molecule has 3 aromatic rings. The van der Waals surface area contributed by atoms with Crippen LogP contribution in [0, 0.1) is 5.41 Å². The average molecular weight is 699 g/mol. The van der Waals surface area contributed by atoms with Gasteiger partial charge in [-0.15, -0.1) is 0 Å². The Labute approximate surface area is 285 Å². The minimum absolute atomic E-state index is 0. The Kier molecular flexibility index (Phi) is 8.58. The first-order valence-corrected chi connectivity index (χ1v) is 19.6. The van der Waals surface area contributed by atoms with Gasteiger partial charge < -0.3 is 24.8 Å². The number of halogens is 2. The molecule has 3 heteroatoms. The maximum atomic E-state index is 2.73. The summed E-state index contributed by atoms with van der Waals surface area (Å²) in [5.74, 6) is 0. The van der Waals surface area contributed by atoms with Crippen LogP contribution in [-0.4, -0.2) is 3.71 Å². The molecule has 0 fully saturated rings. The Morgan fingerprint density at radius 1 is 0.773 bits per heavy atom. The van der Waals surface area contributed by atoms with E-state index in [1.807, 2.05) is 0 Å². The SMILES string of the molecule is CC1=CC(C)(C)c2cc3c(cc21)-c1cc2c(cc1C3)C(C)(C)[C]([Zr+2](=[CH]c1ccccc1)[C]1=CC(C(C)(C)C)=CC1)=C2C.[Cl-].[Cl-]. The molecule has 0 aromatic heterocycles. The standard InChI is InChI=1S/C25H25.C9H13.C7H6.2ClH.Zr/c1-14-12-24(3,4)22-8-16-7-17-9-23-19(15(2)13-25(23,5)6)11-21(17)20(16)10-18(14)22;1-9(2,3)8-6-4-5-7-8;1-7-5-3-2-4-6-7;;;/h8-12H,7H2,1-6H3;6-7H,4H2,1-3H3;1-6H;2*1H;/q;;;;;+2/p-2. The van der Waals surface area contributed by atoms with Crippen LogP contribution in [0.2, 0.25) is 0 Å². The molecular weight excluding hydrogens is 655 g/mol. The number of benzene rings is 3. The van der Waals surface area contributed by atoms with Gasteiger partial charge in [-0.2, -0.15) is 0 Å². The van der Waals surface area contributed by atoms with Crippen molar-refractivity contribution in [3.8, 4) is 11.1 Å². The third-order valence-corrected chi connectivity index (χ3v) is 18.3. The van der Waals surface area contributed by atoms with E-state index in [1.165, 1.54) is 55.7 Å². The molecule has 226 valence electrons. The van der Waals surface area contributed by atoms with Crippen molar-refractivity contribution in [3.63, 3.8) is 0 Å². The zero-order chi connectivity index (χ0) is 29.8. The van der Waals surface area contributed by atoms with E-state index in [0.717, 1.165) is 12.8 Å². The Morgan fingerprint density at radius 2 is 1.39 bits per heavy atom. The minimum Gasteiger partial charge on any atom is -1.00 e. The summed E-state index contributed by atoms with van der Waals surface area (Å²) in [4.78, 5) is 0. The molecule has 0 saturated carbocycles. The summed E-state index contributed by atoms with van der Waals surface area (Å²) >= 11 is -2.40. The van der Waals surface area contributed by atoms with E-state index >= 15 is 0 Å². The molecule has 0 spiro atoms. The van der Waals surface area contributed by atoms with Crippen LogP contribution < -0.4 is 24.8 Å². The van der Waals surface area contributed by atoms with Crippen LogP contribution >= 0.6 is 0 Å². The summed E-state index contributed by atoms with van der Waals surface area (Å²) in [6, 6.07) is 21.4. The zero-order valence-corrected chi connectivity index (χ0v) is 31.6. The predicted octanol–water partition coefficient (Wildman–Crippen LogP) is 4.71. The summed E-state index contributed by atoms with van der Waals surface area (Å²) in [5.41, 5.74) is 18.2. The summed E-state index contributed by atoms with van der Waals surface area (Å²) < 4.78 is 6.21. The number of hydrogen-bond acceptors (Lipinski definition) is 0. The topological polar surface area (TPSA) is 0 Å². The van der Waals surface area contributed by atoms with Crippen LogP contribution in [0.25, 0.3) is 22.3 Å². The summed E-state index contributed by atoms with van der Waals surface area (Å²) in [6.07, 6.45) is 9.73. The molecular formula is C41H44Cl2Zr. The van der Waals surface area contributed by atoms with Crippen LogP contribution in [0.3, 0.4) is 0 Å². The van der Waals surface area contributed by atoms with Gasteiger partial charge in [0.05, 0.1) is 0 Å². The first-order chi connectivity index (χ1) is 19.8. The molecule has 44 heavy (non-hydrogen) atoms. The number of fused-ring (bicyclic) bond motifs is 5. The normalized spacial score (nSPS) is 18.4. The van der Waals surface area contributed by atoms with E-state index in [-0.39, 0.29) is 41.1 Å². The predicted molar refractivity (Wildman–Crippen MR) is 179 cm³/mol. The largest absolute Gasteiger partial charge is 1.00 e. The van der Waals surface area contributed by atoms with Crippen LogP contribution in [-0.2, 0) is 38.5 Å². The molecule has 0 unspecified atom stereocenters. The first kappa shape index (κ1) is 33.3. The van der Waals surface area contributed by atoms with Crippen molar-refractivity contribution in [1.82, 2.24) is 0 Å². The third kappa shape index (κ3) is 5.20. The molecule has 4 aliphatic rings. The van der Waals surface area contributed by atoms with E-state index in [2.05, 4.69) is 139 Å².